The molecule has 0 fully saturated rings. The van der Waals surface area contributed by atoms with Crippen LogP contribution in [0.3, 0.4) is 0 Å². The van der Waals surface area contributed by atoms with Crippen LogP contribution >= 0.6 is 0 Å². The minimum absolute atomic E-state index is 0.0471. The first kappa shape index (κ1) is 22.7. The van der Waals surface area contributed by atoms with Gasteiger partial charge < -0.3 is 14.0 Å². The fourth-order valence-corrected chi connectivity index (χ4v) is 2.56. The average molecular weight is 396 g/mol. The Morgan fingerprint density at radius 3 is 2.79 bits per heavy atom. The summed E-state index contributed by atoms with van der Waals surface area (Å²) < 4.78 is 13.5. The van der Waals surface area contributed by atoms with Crippen molar-refractivity contribution in [3.63, 3.8) is 0 Å². The van der Waals surface area contributed by atoms with Crippen LogP contribution in [0.4, 0.5) is 0 Å². The number of allylic oxidation sites excluding steroid dienone is 1. The van der Waals surface area contributed by atoms with Crippen molar-refractivity contribution in [3.05, 3.63) is 55.1 Å². The number of benzene rings is 1. The maximum absolute atomic E-state index is 5.80. The molecule has 2 rings (SSSR count). The van der Waals surface area contributed by atoms with E-state index in [2.05, 4.69) is 55.5 Å². The molecule has 156 valence electrons. The smallest absolute Gasteiger partial charge is 0.121 e. The van der Waals surface area contributed by atoms with E-state index in [1.54, 1.807) is 12.5 Å². The predicted octanol–water partition coefficient (Wildman–Crippen LogP) is 4.20. The van der Waals surface area contributed by atoms with Crippen LogP contribution in [0.5, 0.6) is 5.75 Å². The van der Waals surface area contributed by atoms with Gasteiger partial charge in [0, 0.05) is 37.0 Å². The normalized spacial score (nSPS) is 11.6. The standard InChI is InChI=1S/C24H33N3O2/c1-5-26(14-8-6-7-12-24(2,3)4)16-17-28-18-19-29-23-11-9-10-22(20-23)27-15-13-25-21-27/h6,8-11,13,15,20-21H,5,14,16-19H2,1-4H3. The Labute approximate surface area is 175 Å². The molecule has 0 spiro atoms. The minimum atomic E-state index is 0.0471. The molecule has 0 bridgehead atoms. The Kier molecular flexibility index (Phi) is 9.49. The molecule has 29 heavy (non-hydrogen) atoms. The first-order valence-electron chi connectivity index (χ1n) is 10.2. The van der Waals surface area contributed by atoms with Crippen LogP contribution in [0, 0.1) is 17.3 Å². The lowest BCUT2D eigenvalue weighted by Gasteiger charge is -2.18. The molecule has 0 aliphatic heterocycles. The lowest BCUT2D eigenvalue weighted by atomic mass is 9.98. The minimum Gasteiger partial charge on any atom is -0.491 e. The van der Waals surface area contributed by atoms with Crippen LogP contribution in [-0.4, -0.2) is 53.9 Å². The molecule has 0 atom stereocenters. The van der Waals surface area contributed by atoms with Crippen molar-refractivity contribution in [2.75, 3.05) is 39.5 Å². The largest absolute Gasteiger partial charge is 0.491 e. The van der Waals surface area contributed by atoms with Crippen molar-refractivity contribution >= 4 is 0 Å². The number of likely N-dealkylation sites (N-methyl/N-ethyl adjacent to an activating group) is 1. The van der Waals surface area contributed by atoms with Crippen LogP contribution in [0.25, 0.3) is 5.69 Å². The Morgan fingerprint density at radius 2 is 2.07 bits per heavy atom. The van der Waals surface area contributed by atoms with Gasteiger partial charge in [0.05, 0.1) is 25.2 Å². The second-order valence-electron chi connectivity index (χ2n) is 7.74. The fraction of sp³-hybridized carbons (Fsp3) is 0.458. The third kappa shape index (κ3) is 9.47. The van der Waals surface area contributed by atoms with Gasteiger partial charge in [-0.05, 0) is 45.5 Å². The molecule has 2 aromatic rings. The number of rotatable bonds is 11. The number of aromatic nitrogens is 2. The van der Waals surface area contributed by atoms with Crippen LogP contribution in [0.1, 0.15) is 27.7 Å². The molecule has 0 radical (unpaired) electrons. The number of imidazole rings is 1. The van der Waals surface area contributed by atoms with Crippen molar-refractivity contribution in [1.29, 1.82) is 0 Å². The summed E-state index contributed by atoms with van der Waals surface area (Å²) in [7, 11) is 0. The zero-order valence-corrected chi connectivity index (χ0v) is 18.1. The molecule has 0 saturated heterocycles. The van der Waals surface area contributed by atoms with E-state index in [0.29, 0.717) is 19.8 Å². The maximum atomic E-state index is 5.80. The van der Waals surface area contributed by atoms with Crippen molar-refractivity contribution in [2.24, 2.45) is 5.41 Å². The molecule has 1 aromatic heterocycles. The molecule has 0 aliphatic rings. The van der Waals surface area contributed by atoms with Gasteiger partial charge in [-0.1, -0.05) is 30.9 Å². The quantitative estimate of drug-likeness (QED) is 0.422. The van der Waals surface area contributed by atoms with E-state index in [1.807, 2.05) is 41.1 Å². The Bertz CT molecular complexity index is 796. The highest BCUT2D eigenvalue weighted by Gasteiger charge is 2.03. The molecule has 5 nitrogen and oxygen atoms in total. The zero-order chi connectivity index (χ0) is 21.0. The molecule has 0 unspecified atom stereocenters. The number of nitrogens with zero attached hydrogens (tertiary/aromatic N) is 3. The van der Waals surface area contributed by atoms with Gasteiger partial charge in [-0.25, -0.2) is 4.98 Å². The van der Waals surface area contributed by atoms with Crippen molar-refractivity contribution in [3.8, 4) is 23.3 Å². The van der Waals surface area contributed by atoms with E-state index in [9.17, 15) is 0 Å². The van der Waals surface area contributed by atoms with E-state index >= 15 is 0 Å². The molecule has 0 aliphatic carbocycles. The molecule has 0 saturated carbocycles. The molecular weight excluding hydrogens is 362 g/mol. The highest BCUT2D eigenvalue weighted by molar-refractivity contribution is 5.39. The number of hydrogen-bond acceptors (Lipinski definition) is 4. The molecule has 1 aromatic carbocycles. The number of ether oxygens (including phenoxy) is 2. The summed E-state index contributed by atoms with van der Waals surface area (Å²) in [6, 6.07) is 7.95. The molecule has 0 N–H and O–H groups in total. The predicted molar refractivity (Wildman–Crippen MR) is 118 cm³/mol. The molecule has 0 amide bonds. The summed E-state index contributed by atoms with van der Waals surface area (Å²) in [4.78, 5) is 6.39. The summed E-state index contributed by atoms with van der Waals surface area (Å²) in [5, 5.41) is 0. The third-order valence-corrected chi connectivity index (χ3v) is 4.13. The van der Waals surface area contributed by atoms with Crippen molar-refractivity contribution in [1.82, 2.24) is 14.5 Å². The topological polar surface area (TPSA) is 39.5 Å². The highest BCUT2D eigenvalue weighted by Crippen LogP contribution is 2.16. The summed E-state index contributed by atoms with van der Waals surface area (Å²) >= 11 is 0. The summed E-state index contributed by atoms with van der Waals surface area (Å²) in [6.45, 7) is 13.1. The van der Waals surface area contributed by atoms with Crippen LogP contribution in [0.2, 0.25) is 0 Å². The first-order chi connectivity index (χ1) is 14.0. The molecular formula is C24H33N3O2. The van der Waals surface area contributed by atoms with Crippen molar-refractivity contribution in [2.45, 2.75) is 27.7 Å². The monoisotopic (exact) mass is 395 g/mol. The van der Waals surface area contributed by atoms with Gasteiger partial charge in [0.15, 0.2) is 0 Å². The first-order valence-corrected chi connectivity index (χ1v) is 10.2. The highest BCUT2D eigenvalue weighted by atomic mass is 16.5. The number of hydrogen-bond donors (Lipinski definition) is 0. The van der Waals surface area contributed by atoms with E-state index < -0.39 is 0 Å². The van der Waals surface area contributed by atoms with Crippen LogP contribution < -0.4 is 4.74 Å². The Morgan fingerprint density at radius 1 is 1.21 bits per heavy atom. The average Bonchev–Trinajstić information content (AvgIpc) is 3.23. The molecule has 1 heterocycles. The van der Waals surface area contributed by atoms with E-state index in [-0.39, 0.29) is 5.41 Å². The van der Waals surface area contributed by atoms with Gasteiger partial charge in [0.25, 0.3) is 0 Å². The lowest BCUT2D eigenvalue weighted by Crippen LogP contribution is -2.28. The second kappa shape index (κ2) is 12.1. The fourth-order valence-electron chi connectivity index (χ4n) is 2.56. The Hall–Kier alpha value is -2.55. The third-order valence-electron chi connectivity index (χ3n) is 4.13. The van der Waals surface area contributed by atoms with Gasteiger partial charge in [-0.3, -0.25) is 4.90 Å². The zero-order valence-electron chi connectivity index (χ0n) is 18.1. The summed E-state index contributed by atoms with van der Waals surface area (Å²) in [5.74, 6) is 7.14. The maximum Gasteiger partial charge on any atom is 0.121 e. The van der Waals surface area contributed by atoms with Gasteiger partial charge in [0.2, 0.25) is 0 Å². The van der Waals surface area contributed by atoms with Gasteiger partial charge in [-0.15, -0.1) is 0 Å². The van der Waals surface area contributed by atoms with Gasteiger partial charge in [0.1, 0.15) is 12.4 Å². The lowest BCUT2D eigenvalue weighted by molar-refractivity contribution is 0.0831. The SMILES string of the molecule is CCN(CC=CC#CC(C)(C)C)CCOCCOc1cccc(-n2ccnc2)c1. The Balaban J connectivity index is 1.62. The van der Waals surface area contributed by atoms with Gasteiger partial charge in [-0.2, -0.15) is 0 Å². The van der Waals surface area contributed by atoms with Gasteiger partial charge >= 0.3 is 0 Å². The van der Waals surface area contributed by atoms with Crippen LogP contribution in [-0.2, 0) is 4.74 Å². The van der Waals surface area contributed by atoms with E-state index in [4.69, 9.17) is 9.47 Å². The van der Waals surface area contributed by atoms with E-state index in [0.717, 1.165) is 31.1 Å². The van der Waals surface area contributed by atoms with Crippen LogP contribution in [0.15, 0.2) is 55.1 Å². The summed E-state index contributed by atoms with van der Waals surface area (Å²) in [6.07, 6.45) is 9.50. The van der Waals surface area contributed by atoms with E-state index in [1.165, 1.54) is 0 Å². The summed E-state index contributed by atoms with van der Waals surface area (Å²) in [5.41, 5.74) is 1.07. The second-order valence-corrected chi connectivity index (χ2v) is 7.74. The van der Waals surface area contributed by atoms with Crippen molar-refractivity contribution < 1.29 is 9.47 Å². The molecule has 5 heteroatoms.